The predicted octanol–water partition coefficient (Wildman–Crippen LogP) is 1.53. The molecule has 0 saturated carbocycles. The molecule has 1 aromatic heterocycles. The number of rotatable bonds is 7. The molecule has 156 valence electrons. The number of furan rings is 1. The van der Waals surface area contributed by atoms with Crippen molar-refractivity contribution < 1.29 is 27.2 Å². The Balaban J connectivity index is 1.75. The summed E-state index contributed by atoms with van der Waals surface area (Å²) in [5.41, 5.74) is 0.234. The smallest absolute Gasteiger partial charge is 0.242 e. The third kappa shape index (κ3) is 4.43. The fourth-order valence-corrected chi connectivity index (χ4v) is 4.01. The van der Waals surface area contributed by atoms with Crippen LogP contribution in [0.3, 0.4) is 0 Å². The van der Waals surface area contributed by atoms with Gasteiger partial charge in [0.1, 0.15) is 11.5 Å². The van der Waals surface area contributed by atoms with Gasteiger partial charge in [-0.15, -0.1) is 0 Å². The predicted molar refractivity (Wildman–Crippen MR) is 105 cm³/mol. The van der Waals surface area contributed by atoms with Crippen molar-refractivity contribution in [2.45, 2.75) is 17.9 Å². The van der Waals surface area contributed by atoms with Crippen molar-refractivity contribution in [1.29, 1.82) is 0 Å². The van der Waals surface area contributed by atoms with E-state index in [2.05, 4.69) is 5.32 Å². The lowest BCUT2D eigenvalue weighted by molar-refractivity contribution is -0.128. The van der Waals surface area contributed by atoms with Crippen LogP contribution in [0.5, 0.6) is 5.75 Å². The summed E-state index contributed by atoms with van der Waals surface area (Å²) in [5.74, 6) is -0.109. The second kappa shape index (κ2) is 8.26. The Morgan fingerprint density at radius 2 is 2.10 bits per heavy atom. The van der Waals surface area contributed by atoms with Crippen LogP contribution in [-0.2, 0) is 26.2 Å². The molecule has 2 aromatic rings. The Hall–Kier alpha value is -2.85. The Kier molecular flexibility index (Phi) is 5.94. The number of hydrogen-bond acceptors (Lipinski definition) is 6. The fraction of sp³-hybridized carbons (Fsp3) is 0.368. The van der Waals surface area contributed by atoms with Gasteiger partial charge in [-0.2, -0.15) is 0 Å². The summed E-state index contributed by atoms with van der Waals surface area (Å²) >= 11 is 0. The first-order chi connectivity index (χ1) is 13.7. The van der Waals surface area contributed by atoms with Crippen LogP contribution in [0, 0.1) is 5.92 Å². The number of carbonyl (C=O) groups excluding carboxylic acids is 2. The molecule has 1 fully saturated rings. The zero-order chi connectivity index (χ0) is 21.2. The first-order valence-electron chi connectivity index (χ1n) is 8.94. The molecule has 0 spiro atoms. The molecule has 9 nitrogen and oxygen atoms in total. The largest absolute Gasteiger partial charge is 0.495 e. The molecular formula is C19H23N3O6S. The van der Waals surface area contributed by atoms with Gasteiger partial charge in [0.25, 0.3) is 0 Å². The highest BCUT2D eigenvalue weighted by Gasteiger charge is 2.35. The van der Waals surface area contributed by atoms with Gasteiger partial charge in [-0.25, -0.2) is 12.7 Å². The van der Waals surface area contributed by atoms with Gasteiger partial charge in [-0.05, 0) is 30.3 Å². The molecule has 29 heavy (non-hydrogen) atoms. The van der Waals surface area contributed by atoms with Crippen LogP contribution >= 0.6 is 0 Å². The summed E-state index contributed by atoms with van der Waals surface area (Å²) < 4.78 is 36.3. The van der Waals surface area contributed by atoms with E-state index >= 15 is 0 Å². The molecule has 1 aliphatic heterocycles. The van der Waals surface area contributed by atoms with Crippen molar-refractivity contribution in [1.82, 2.24) is 9.21 Å². The van der Waals surface area contributed by atoms with Crippen LogP contribution in [0.25, 0.3) is 0 Å². The van der Waals surface area contributed by atoms with Gasteiger partial charge in [0.15, 0.2) is 0 Å². The van der Waals surface area contributed by atoms with E-state index in [1.807, 2.05) is 0 Å². The normalized spacial score (nSPS) is 17.0. The standard InChI is InChI=1S/C19H23N3O6S/c1-21(2)29(25,26)15-6-7-17(27-3)16(10-15)20-19(24)13-9-18(23)22(11-13)12-14-5-4-8-28-14/h4-8,10,13H,9,11-12H2,1-3H3,(H,20,24)/t13-/m0/s1. The molecule has 1 saturated heterocycles. The van der Waals surface area contributed by atoms with E-state index in [-0.39, 0.29) is 35.4 Å². The molecule has 3 rings (SSSR count). The molecule has 1 N–H and O–H groups in total. The van der Waals surface area contributed by atoms with Crippen molar-refractivity contribution >= 4 is 27.5 Å². The van der Waals surface area contributed by atoms with Crippen molar-refractivity contribution in [3.05, 3.63) is 42.4 Å². The quantitative estimate of drug-likeness (QED) is 0.726. The molecule has 2 heterocycles. The van der Waals surface area contributed by atoms with E-state index in [1.165, 1.54) is 45.7 Å². The number of methoxy groups -OCH3 is 1. The van der Waals surface area contributed by atoms with Gasteiger partial charge in [0.2, 0.25) is 21.8 Å². The van der Waals surface area contributed by atoms with Crippen LogP contribution < -0.4 is 10.1 Å². The maximum atomic E-state index is 12.7. The Morgan fingerprint density at radius 1 is 1.34 bits per heavy atom. The van der Waals surface area contributed by atoms with E-state index in [0.29, 0.717) is 18.1 Å². The molecular weight excluding hydrogens is 398 g/mol. The van der Waals surface area contributed by atoms with Crippen molar-refractivity contribution in [3.8, 4) is 5.75 Å². The number of benzene rings is 1. The number of likely N-dealkylation sites (tertiary alicyclic amines) is 1. The van der Waals surface area contributed by atoms with Crippen LogP contribution in [0.15, 0.2) is 45.9 Å². The minimum Gasteiger partial charge on any atom is -0.495 e. The maximum absolute atomic E-state index is 12.7. The van der Waals surface area contributed by atoms with Gasteiger partial charge in [0, 0.05) is 27.1 Å². The number of nitrogens with one attached hydrogen (secondary N) is 1. The minimum absolute atomic E-state index is 0.0283. The Labute approximate surface area is 169 Å². The van der Waals surface area contributed by atoms with Crippen molar-refractivity contribution in [3.63, 3.8) is 0 Å². The summed E-state index contributed by atoms with van der Waals surface area (Å²) in [4.78, 5) is 26.6. The average molecular weight is 421 g/mol. The van der Waals surface area contributed by atoms with E-state index in [9.17, 15) is 18.0 Å². The summed E-state index contributed by atoms with van der Waals surface area (Å²) in [7, 11) is 0.606. The van der Waals surface area contributed by atoms with Crippen molar-refractivity contribution in [2.75, 3.05) is 33.1 Å². The van der Waals surface area contributed by atoms with E-state index in [4.69, 9.17) is 9.15 Å². The van der Waals surface area contributed by atoms with Crippen LogP contribution in [0.2, 0.25) is 0 Å². The molecule has 0 aliphatic carbocycles. The highest BCUT2D eigenvalue weighted by molar-refractivity contribution is 7.89. The number of ether oxygens (including phenoxy) is 1. The van der Waals surface area contributed by atoms with Gasteiger partial charge < -0.3 is 19.4 Å². The summed E-state index contributed by atoms with van der Waals surface area (Å²) in [6.45, 7) is 0.554. The molecule has 0 bridgehead atoms. The third-order valence-corrected chi connectivity index (χ3v) is 6.53. The van der Waals surface area contributed by atoms with Gasteiger partial charge in [-0.1, -0.05) is 0 Å². The Morgan fingerprint density at radius 3 is 2.72 bits per heavy atom. The molecule has 1 aromatic carbocycles. The zero-order valence-corrected chi connectivity index (χ0v) is 17.2. The van der Waals surface area contributed by atoms with Crippen LogP contribution in [0.1, 0.15) is 12.2 Å². The SMILES string of the molecule is COc1ccc(S(=O)(=O)N(C)C)cc1NC(=O)[C@H]1CC(=O)N(Cc2ccco2)C1. The highest BCUT2D eigenvalue weighted by Crippen LogP contribution is 2.30. The van der Waals surface area contributed by atoms with Crippen LogP contribution in [-0.4, -0.2) is 57.2 Å². The van der Waals surface area contributed by atoms with Gasteiger partial charge in [-0.3, -0.25) is 9.59 Å². The number of nitrogens with zero attached hydrogens (tertiary/aromatic N) is 2. The molecule has 10 heteroatoms. The molecule has 1 atom stereocenters. The number of hydrogen-bond donors (Lipinski definition) is 1. The monoisotopic (exact) mass is 421 g/mol. The lowest BCUT2D eigenvalue weighted by Crippen LogP contribution is -2.28. The van der Waals surface area contributed by atoms with E-state index in [1.54, 1.807) is 17.0 Å². The average Bonchev–Trinajstić information content (AvgIpc) is 3.32. The van der Waals surface area contributed by atoms with E-state index in [0.717, 1.165) is 4.31 Å². The number of carbonyl (C=O) groups is 2. The Bertz CT molecular complexity index is 1000. The second-order valence-corrected chi connectivity index (χ2v) is 9.05. The van der Waals surface area contributed by atoms with Crippen LogP contribution in [0.4, 0.5) is 5.69 Å². The van der Waals surface area contributed by atoms with Gasteiger partial charge >= 0.3 is 0 Å². The lowest BCUT2D eigenvalue weighted by atomic mass is 10.1. The lowest BCUT2D eigenvalue weighted by Gasteiger charge is -2.17. The first kappa shape index (κ1) is 20.9. The minimum atomic E-state index is -3.67. The topological polar surface area (TPSA) is 109 Å². The zero-order valence-electron chi connectivity index (χ0n) is 16.4. The van der Waals surface area contributed by atoms with Gasteiger partial charge in [0.05, 0.1) is 36.4 Å². The molecule has 2 amide bonds. The van der Waals surface area contributed by atoms with E-state index < -0.39 is 15.9 Å². The maximum Gasteiger partial charge on any atom is 0.242 e. The first-order valence-corrected chi connectivity index (χ1v) is 10.4. The summed E-state index contributed by atoms with van der Waals surface area (Å²) in [6.07, 6.45) is 1.60. The summed E-state index contributed by atoms with van der Waals surface area (Å²) in [5, 5.41) is 2.71. The summed E-state index contributed by atoms with van der Waals surface area (Å²) in [6, 6.07) is 7.75. The number of amides is 2. The fourth-order valence-electron chi connectivity index (χ4n) is 3.08. The molecule has 1 aliphatic rings. The third-order valence-electron chi connectivity index (χ3n) is 4.72. The van der Waals surface area contributed by atoms with Crippen molar-refractivity contribution in [2.24, 2.45) is 5.92 Å². The second-order valence-electron chi connectivity index (χ2n) is 6.89. The number of sulfonamides is 1. The molecule has 0 unspecified atom stereocenters. The number of anilines is 1. The highest BCUT2D eigenvalue weighted by atomic mass is 32.2. The molecule has 0 radical (unpaired) electrons.